The first kappa shape index (κ1) is 20.2. The van der Waals surface area contributed by atoms with Crippen molar-refractivity contribution in [2.45, 2.75) is 63.9 Å². The zero-order valence-corrected chi connectivity index (χ0v) is 19.0. The molecule has 1 aromatic rings. The zero-order valence-electron chi connectivity index (χ0n) is 19.0. The minimum atomic E-state index is -0.0197. The number of hydrogen-bond donors (Lipinski definition) is 0. The number of ether oxygens (including phenoxy) is 2. The van der Waals surface area contributed by atoms with E-state index in [1.165, 1.54) is 24.8 Å². The number of carbonyl (C=O) groups is 1. The Balaban J connectivity index is 1.11. The van der Waals surface area contributed by atoms with Gasteiger partial charge in [0.2, 0.25) is 0 Å². The van der Waals surface area contributed by atoms with Crippen LogP contribution in [-0.4, -0.2) is 66.3 Å². The Bertz CT molecular complexity index is 838. The number of nitrogens with zero attached hydrogens (tertiary/aromatic N) is 2. The maximum absolute atomic E-state index is 13.0. The first-order chi connectivity index (χ1) is 15.0. The third-order valence-electron chi connectivity index (χ3n) is 9.36. The minimum Gasteiger partial charge on any atom is -0.462 e. The molecule has 2 saturated carbocycles. The maximum Gasteiger partial charge on any atom is 0.311 e. The fourth-order valence-electron chi connectivity index (χ4n) is 7.69. The number of benzene rings is 1. The number of carbonyl (C=O) groups excluding carboxylic acids is 1. The molecule has 168 valence electrons. The van der Waals surface area contributed by atoms with Crippen molar-refractivity contribution >= 4 is 5.97 Å². The predicted octanol–water partition coefficient (Wildman–Crippen LogP) is 3.33. The van der Waals surface area contributed by atoms with Gasteiger partial charge >= 0.3 is 5.97 Å². The number of fused-ring (bicyclic) bond motifs is 2. The van der Waals surface area contributed by atoms with Crippen LogP contribution in [0, 0.1) is 23.2 Å². The molecule has 6 rings (SSSR count). The summed E-state index contributed by atoms with van der Waals surface area (Å²) in [7, 11) is 0. The largest absolute Gasteiger partial charge is 0.462 e. The van der Waals surface area contributed by atoms with Crippen molar-refractivity contribution in [3.63, 3.8) is 0 Å². The van der Waals surface area contributed by atoms with E-state index in [2.05, 4.69) is 54.0 Å². The molecule has 0 radical (unpaired) electrons. The third-order valence-corrected chi connectivity index (χ3v) is 9.36. The zero-order chi connectivity index (χ0) is 21.2. The summed E-state index contributed by atoms with van der Waals surface area (Å²) < 4.78 is 12.6. The van der Waals surface area contributed by atoms with Gasteiger partial charge in [0.05, 0.1) is 12.0 Å². The molecule has 3 aliphatic heterocycles. The molecule has 3 heterocycles. The van der Waals surface area contributed by atoms with E-state index in [4.69, 9.17) is 9.47 Å². The van der Waals surface area contributed by atoms with Crippen LogP contribution in [0.25, 0.3) is 0 Å². The molecule has 5 nitrogen and oxygen atoms in total. The summed E-state index contributed by atoms with van der Waals surface area (Å²) in [5.74, 6) is 0.856. The molecule has 0 amide bonds. The molecule has 0 bridgehead atoms. The fourth-order valence-corrected chi connectivity index (χ4v) is 7.69. The van der Waals surface area contributed by atoms with Gasteiger partial charge < -0.3 is 9.47 Å². The van der Waals surface area contributed by atoms with Crippen LogP contribution >= 0.6 is 0 Å². The van der Waals surface area contributed by atoms with E-state index in [-0.39, 0.29) is 41.0 Å². The average molecular weight is 425 g/mol. The van der Waals surface area contributed by atoms with E-state index in [0.717, 1.165) is 45.7 Å². The number of epoxide rings is 1. The summed E-state index contributed by atoms with van der Waals surface area (Å²) in [5.41, 5.74) is 1.56. The van der Waals surface area contributed by atoms with E-state index < -0.39 is 0 Å². The summed E-state index contributed by atoms with van der Waals surface area (Å²) in [6.07, 6.45) is 5.02. The molecule has 5 heteroatoms. The highest BCUT2D eigenvalue weighted by Crippen LogP contribution is 2.70. The van der Waals surface area contributed by atoms with Gasteiger partial charge in [0.15, 0.2) is 0 Å². The number of rotatable bonds is 4. The van der Waals surface area contributed by atoms with Gasteiger partial charge in [-0.05, 0) is 30.7 Å². The highest BCUT2D eigenvalue weighted by atomic mass is 16.6. The summed E-state index contributed by atoms with van der Waals surface area (Å²) in [6.45, 7) is 10.8. The predicted molar refractivity (Wildman–Crippen MR) is 118 cm³/mol. The van der Waals surface area contributed by atoms with Gasteiger partial charge in [0.1, 0.15) is 11.7 Å². The second-order valence-electron chi connectivity index (χ2n) is 11.1. The van der Waals surface area contributed by atoms with Gasteiger partial charge in [-0.3, -0.25) is 14.6 Å². The van der Waals surface area contributed by atoms with Crippen molar-refractivity contribution < 1.29 is 14.3 Å². The third kappa shape index (κ3) is 3.11. The van der Waals surface area contributed by atoms with Crippen LogP contribution in [0.2, 0.25) is 0 Å². The van der Waals surface area contributed by atoms with Crippen molar-refractivity contribution in [1.29, 1.82) is 0 Å². The molecule has 0 unspecified atom stereocenters. The first-order valence-electron chi connectivity index (χ1n) is 12.4. The smallest absolute Gasteiger partial charge is 0.311 e. The van der Waals surface area contributed by atoms with Gasteiger partial charge in [0, 0.05) is 50.6 Å². The van der Waals surface area contributed by atoms with E-state index in [9.17, 15) is 4.79 Å². The maximum atomic E-state index is 13.0. The molecule has 5 fully saturated rings. The monoisotopic (exact) mass is 424 g/mol. The van der Waals surface area contributed by atoms with Crippen molar-refractivity contribution in [2.24, 2.45) is 23.2 Å². The average Bonchev–Trinajstić information content (AvgIpc) is 3.45. The molecule has 0 N–H and O–H groups in total. The molecule has 0 aromatic heterocycles. The van der Waals surface area contributed by atoms with Gasteiger partial charge in [-0.25, -0.2) is 0 Å². The Labute approximate surface area is 186 Å². The Morgan fingerprint density at radius 1 is 1.10 bits per heavy atom. The van der Waals surface area contributed by atoms with Crippen LogP contribution in [0.3, 0.4) is 0 Å². The Hall–Kier alpha value is -1.43. The van der Waals surface area contributed by atoms with Crippen LogP contribution in [0.15, 0.2) is 30.3 Å². The van der Waals surface area contributed by atoms with Crippen LogP contribution in [-0.2, 0) is 20.8 Å². The van der Waals surface area contributed by atoms with Crippen LogP contribution < -0.4 is 0 Å². The normalized spacial score (nSPS) is 44.8. The molecule has 31 heavy (non-hydrogen) atoms. The molecule has 7 atom stereocenters. The summed E-state index contributed by atoms with van der Waals surface area (Å²) in [5, 5.41) is 0. The molecule has 5 aliphatic rings. The van der Waals surface area contributed by atoms with Crippen molar-refractivity contribution in [3.8, 4) is 0 Å². The van der Waals surface area contributed by atoms with Crippen LogP contribution in [0.4, 0.5) is 0 Å². The van der Waals surface area contributed by atoms with Crippen molar-refractivity contribution in [3.05, 3.63) is 35.9 Å². The first-order valence-corrected chi connectivity index (χ1v) is 12.4. The Kier molecular flexibility index (Phi) is 4.75. The van der Waals surface area contributed by atoms with Crippen molar-refractivity contribution in [2.75, 3.05) is 32.7 Å². The minimum absolute atomic E-state index is 0.00697. The molecular weight excluding hydrogens is 388 g/mol. The summed E-state index contributed by atoms with van der Waals surface area (Å²) in [4.78, 5) is 18.0. The highest BCUT2D eigenvalue weighted by Gasteiger charge is 2.78. The lowest BCUT2D eigenvalue weighted by atomic mass is 9.53. The molecule has 2 aliphatic carbocycles. The van der Waals surface area contributed by atoms with E-state index in [1.807, 2.05) is 0 Å². The fraction of sp³-hybridized carbons (Fsp3) is 0.731. The van der Waals surface area contributed by atoms with Gasteiger partial charge in [0.25, 0.3) is 0 Å². The SMILES string of the molecule is C[C@H]1CCC[C@]2(C)C[C@H]3OC(=O)[C@H](CN4CCN(Cc5ccccc5)CC4)[C@H]3[C@@H]3O[C@@]132. The van der Waals surface area contributed by atoms with Crippen LogP contribution in [0.1, 0.15) is 45.1 Å². The number of piperazine rings is 1. The second kappa shape index (κ2) is 7.29. The molecule has 3 saturated heterocycles. The van der Waals surface area contributed by atoms with E-state index >= 15 is 0 Å². The lowest BCUT2D eigenvalue weighted by molar-refractivity contribution is -0.146. The van der Waals surface area contributed by atoms with E-state index in [1.54, 1.807) is 0 Å². The van der Waals surface area contributed by atoms with Crippen molar-refractivity contribution in [1.82, 2.24) is 9.80 Å². The van der Waals surface area contributed by atoms with Gasteiger partial charge in [-0.15, -0.1) is 0 Å². The summed E-state index contributed by atoms with van der Waals surface area (Å²) >= 11 is 0. The van der Waals surface area contributed by atoms with E-state index in [0.29, 0.717) is 5.92 Å². The lowest BCUT2D eigenvalue weighted by Gasteiger charge is -2.49. The van der Waals surface area contributed by atoms with Crippen LogP contribution in [0.5, 0.6) is 0 Å². The number of hydrogen-bond acceptors (Lipinski definition) is 5. The van der Waals surface area contributed by atoms with Gasteiger partial charge in [-0.2, -0.15) is 0 Å². The second-order valence-corrected chi connectivity index (χ2v) is 11.1. The molecule has 1 aromatic carbocycles. The lowest BCUT2D eigenvalue weighted by Crippen LogP contribution is -2.55. The standard InChI is InChI=1S/C26H36N2O3/c1-18-7-6-10-25(2)15-21-22(23-26(18,25)31-23)20(24(29)30-21)17-28-13-11-27(12-14-28)16-19-8-4-3-5-9-19/h3-5,8-9,18,20-23H,6-7,10-17H2,1-2H3/t18-,20+,21+,22+,23-,25+,26-/m0/s1. The van der Waals surface area contributed by atoms with Gasteiger partial charge in [-0.1, -0.05) is 50.6 Å². The Morgan fingerprint density at radius 2 is 1.84 bits per heavy atom. The summed E-state index contributed by atoms with van der Waals surface area (Å²) in [6, 6.07) is 10.7. The molecular formula is C26H36N2O3. The highest BCUT2D eigenvalue weighted by molar-refractivity contribution is 5.76. The number of esters is 1. The Morgan fingerprint density at radius 3 is 2.61 bits per heavy atom. The quantitative estimate of drug-likeness (QED) is 0.548. The molecule has 1 spiro atoms. The topological polar surface area (TPSA) is 45.3 Å².